The summed E-state index contributed by atoms with van der Waals surface area (Å²) >= 11 is 0. The van der Waals surface area contributed by atoms with Crippen LogP contribution in [-0.4, -0.2) is 24.4 Å². The summed E-state index contributed by atoms with van der Waals surface area (Å²) in [7, 11) is 0. The Labute approximate surface area is 109 Å². The second kappa shape index (κ2) is 9.05. The van der Waals surface area contributed by atoms with Crippen LogP contribution in [0.2, 0.25) is 0 Å². The minimum atomic E-state index is -0.310. The first-order valence-corrected chi connectivity index (χ1v) is 5.44. The first-order valence-electron chi connectivity index (χ1n) is 5.44. The van der Waals surface area contributed by atoms with Crippen LogP contribution in [0.15, 0.2) is 36.9 Å². The van der Waals surface area contributed by atoms with Crippen LogP contribution in [0.4, 0.5) is 0 Å². The van der Waals surface area contributed by atoms with E-state index in [4.69, 9.17) is 9.84 Å². The van der Waals surface area contributed by atoms with Gasteiger partial charge in [0.1, 0.15) is 12.4 Å². The fourth-order valence-electron chi connectivity index (χ4n) is 1.28. The van der Waals surface area contributed by atoms with Crippen molar-refractivity contribution in [2.24, 2.45) is 0 Å². The smallest absolute Gasteiger partial charge is 0.119 e. The van der Waals surface area contributed by atoms with Crippen molar-refractivity contribution in [3.63, 3.8) is 0 Å². The summed E-state index contributed by atoms with van der Waals surface area (Å²) in [6.45, 7) is 7.24. The Morgan fingerprint density at radius 3 is 2.59 bits per heavy atom. The summed E-state index contributed by atoms with van der Waals surface area (Å²) in [6.07, 6.45) is 1.41. The van der Waals surface area contributed by atoms with Crippen molar-refractivity contribution in [1.82, 2.24) is 5.32 Å². The van der Waals surface area contributed by atoms with E-state index in [0.29, 0.717) is 13.2 Å². The van der Waals surface area contributed by atoms with Gasteiger partial charge in [-0.05, 0) is 24.6 Å². The zero-order valence-electron chi connectivity index (χ0n) is 10.1. The molecule has 1 rings (SSSR count). The highest BCUT2D eigenvalue weighted by atomic mass is 35.5. The lowest BCUT2D eigenvalue weighted by Crippen LogP contribution is -2.23. The van der Waals surface area contributed by atoms with Crippen molar-refractivity contribution in [2.45, 2.75) is 19.6 Å². The van der Waals surface area contributed by atoms with Gasteiger partial charge in [-0.15, -0.1) is 12.4 Å². The Hall–Kier alpha value is -1.03. The van der Waals surface area contributed by atoms with Crippen LogP contribution in [-0.2, 0) is 6.54 Å². The number of ether oxygens (including phenoxy) is 1. The molecule has 0 bridgehead atoms. The molecule has 4 heteroatoms. The van der Waals surface area contributed by atoms with Gasteiger partial charge in [0.15, 0.2) is 0 Å². The first kappa shape index (κ1) is 16.0. The lowest BCUT2D eigenvalue weighted by atomic mass is 10.2. The minimum Gasteiger partial charge on any atom is -0.490 e. The highest BCUT2D eigenvalue weighted by Gasteiger charge is 1.97. The van der Waals surface area contributed by atoms with Gasteiger partial charge in [-0.3, -0.25) is 0 Å². The molecule has 96 valence electrons. The van der Waals surface area contributed by atoms with Crippen molar-refractivity contribution in [2.75, 3.05) is 13.2 Å². The van der Waals surface area contributed by atoms with Crippen LogP contribution < -0.4 is 10.1 Å². The van der Waals surface area contributed by atoms with Crippen LogP contribution in [0.3, 0.4) is 0 Å². The van der Waals surface area contributed by atoms with Crippen LogP contribution in [0.25, 0.3) is 0 Å². The summed E-state index contributed by atoms with van der Waals surface area (Å²) in [5, 5.41) is 12.2. The van der Waals surface area contributed by atoms with Crippen LogP contribution in [0, 0.1) is 0 Å². The average molecular weight is 258 g/mol. The molecule has 2 N–H and O–H groups in total. The number of hydrogen-bond acceptors (Lipinski definition) is 3. The quantitative estimate of drug-likeness (QED) is 0.736. The van der Waals surface area contributed by atoms with E-state index in [1.807, 2.05) is 24.3 Å². The zero-order valence-corrected chi connectivity index (χ0v) is 10.9. The second-order valence-electron chi connectivity index (χ2n) is 3.72. The van der Waals surface area contributed by atoms with Crippen LogP contribution in [0.1, 0.15) is 12.5 Å². The number of aliphatic hydroxyl groups is 1. The molecular formula is C13H20ClNO2. The molecule has 1 unspecified atom stereocenters. The molecule has 1 atom stereocenters. The van der Waals surface area contributed by atoms with Gasteiger partial charge >= 0.3 is 0 Å². The van der Waals surface area contributed by atoms with Crippen molar-refractivity contribution in [3.05, 3.63) is 42.5 Å². The summed E-state index contributed by atoms with van der Waals surface area (Å²) in [5.74, 6) is 0.846. The number of halogens is 1. The molecule has 0 saturated carbocycles. The zero-order chi connectivity index (χ0) is 11.8. The fraction of sp³-hybridized carbons (Fsp3) is 0.385. The third-order valence-electron chi connectivity index (χ3n) is 2.06. The van der Waals surface area contributed by atoms with Gasteiger partial charge in [-0.1, -0.05) is 24.8 Å². The normalized spacial score (nSPS) is 11.4. The van der Waals surface area contributed by atoms with E-state index in [9.17, 15) is 0 Å². The molecule has 1 aromatic carbocycles. The lowest BCUT2D eigenvalue weighted by Gasteiger charge is -2.08. The second-order valence-corrected chi connectivity index (χ2v) is 3.72. The third-order valence-corrected chi connectivity index (χ3v) is 2.06. The van der Waals surface area contributed by atoms with E-state index >= 15 is 0 Å². The van der Waals surface area contributed by atoms with Crippen molar-refractivity contribution >= 4 is 12.4 Å². The molecule has 0 radical (unpaired) electrons. The molecule has 0 amide bonds. The summed E-state index contributed by atoms with van der Waals surface area (Å²) in [6, 6.07) is 7.88. The maximum atomic E-state index is 9.08. The Morgan fingerprint density at radius 2 is 2.06 bits per heavy atom. The molecule has 3 nitrogen and oxygen atoms in total. The number of aliphatic hydroxyl groups excluding tert-OH is 1. The molecule has 0 fully saturated rings. The van der Waals surface area contributed by atoms with Crippen molar-refractivity contribution in [1.29, 1.82) is 0 Å². The number of rotatable bonds is 7. The Kier molecular flexibility index (Phi) is 8.50. The summed E-state index contributed by atoms with van der Waals surface area (Å²) in [4.78, 5) is 0. The maximum Gasteiger partial charge on any atom is 0.119 e. The standard InChI is InChI=1S/C13H19NO2.ClH/c1-3-8-16-13-6-4-12(5-7-13)10-14-9-11(2)15;/h3-7,11,14-15H,1,8-10H2,2H3;1H. The molecule has 0 aliphatic carbocycles. The Balaban J connectivity index is 0.00000256. The van der Waals surface area contributed by atoms with Gasteiger partial charge in [0.2, 0.25) is 0 Å². The van der Waals surface area contributed by atoms with Gasteiger partial charge in [0.05, 0.1) is 6.10 Å². The van der Waals surface area contributed by atoms with Crippen LogP contribution in [0.5, 0.6) is 5.75 Å². The molecule has 0 aromatic heterocycles. The highest BCUT2D eigenvalue weighted by Crippen LogP contribution is 2.11. The monoisotopic (exact) mass is 257 g/mol. The molecule has 0 aliphatic heterocycles. The molecule has 0 spiro atoms. The van der Waals surface area contributed by atoms with Gasteiger partial charge in [-0.25, -0.2) is 0 Å². The van der Waals surface area contributed by atoms with E-state index in [0.717, 1.165) is 12.3 Å². The topological polar surface area (TPSA) is 41.5 Å². The molecular weight excluding hydrogens is 238 g/mol. The van der Waals surface area contributed by atoms with Crippen molar-refractivity contribution < 1.29 is 9.84 Å². The van der Waals surface area contributed by atoms with Gasteiger partial charge in [-0.2, -0.15) is 0 Å². The molecule has 1 aromatic rings. The third kappa shape index (κ3) is 7.00. The summed E-state index contributed by atoms with van der Waals surface area (Å²) < 4.78 is 5.37. The lowest BCUT2D eigenvalue weighted by molar-refractivity contribution is 0.191. The van der Waals surface area contributed by atoms with Crippen LogP contribution >= 0.6 is 12.4 Å². The maximum absolute atomic E-state index is 9.08. The molecule has 17 heavy (non-hydrogen) atoms. The van der Waals surface area contributed by atoms with Crippen molar-refractivity contribution in [3.8, 4) is 5.75 Å². The largest absolute Gasteiger partial charge is 0.490 e. The Morgan fingerprint density at radius 1 is 1.41 bits per heavy atom. The Bertz CT molecular complexity index is 312. The minimum absolute atomic E-state index is 0. The van der Waals surface area contributed by atoms with E-state index in [-0.39, 0.29) is 18.5 Å². The van der Waals surface area contributed by atoms with E-state index < -0.39 is 0 Å². The average Bonchev–Trinajstić information content (AvgIpc) is 2.27. The highest BCUT2D eigenvalue weighted by molar-refractivity contribution is 5.85. The SMILES string of the molecule is C=CCOc1ccc(CNCC(C)O)cc1.Cl. The van der Waals surface area contributed by atoms with Gasteiger partial charge in [0.25, 0.3) is 0 Å². The molecule has 0 saturated heterocycles. The van der Waals surface area contributed by atoms with Gasteiger partial charge < -0.3 is 15.2 Å². The van der Waals surface area contributed by atoms with E-state index in [2.05, 4.69) is 11.9 Å². The predicted molar refractivity (Wildman–Crippen MR) is 72.8 cm³/mol. The van der Waals surface area contributed by atoms with E-state index in [1.54, 1.807) is 13.0 Å². The van der Waals surface area contributed by atoms with E-state index in [1.165, 1.54) is 5.56 Å². The summed E-state index contributed by atoms with van der Waals surface area (Å²) in [5.41, 5.74) is 1.17. The predicted octanol–water partition coefficient (Wildman–Crippen LogP) is 2.14. The molecule has 0 aliphatic rings. The molecule has 0 heterocycles. The fourth-order valence-corrected chi connectivity index (χ4v) is 1.28. The van der Waals surface area contributed by atoms with Gasteiger partial charge in [0, 0.05) is 13.1 Å². The number of nitrogens with one attached hydrogen (secondary N) is 1. The first-order chi connectivity index (χ1) is 7.72. The number of benzene rings is 1. The number of hydrogen-bond donors (Lipinski definition) is 2.